The highest BCUT2D eigenvalue weighted by Crippen LogP contribution is 2.43. The van der Waals surface area contributed by atoms with Crippen molar-refractivity contribution in [2.75, 3.05) is 26.7 Å². The Balaban J connectivity index is 0.000000193. The summed E-state index contributed by atoms with van der Waals surface area (Å²) in [5.74, 6) is 0.777. The van der Waals surface area contributed by atoms with Crippen LogP contribution in [0.5, 0.6) is 5.75 Å². The Labute approximate surface area is 170 Å². The van der Waals surface area contributed by atoms with Gasteiger partial charge in [-0.15, -0.1) is 0 Å². The quantitative estimate of drug-likeness (QED) is 0.680. The topological polar surface area (TPSA) is 29.5 Å². The van der Waals surface area contributed by atoms with Gasteiger partial charge in [-0.25, -0.2) is 0 Å². The van der Waals surface area contributed by atoms with E-state index in [4.69, 9.17) is 4.74 Å². The normalized spacial score (nSPS) is 16.3. The maximum Gasteiger partial charge on any atom is 0.157 e. The van der Waals surface area contributed by atoms with Gasteiger partial charge in [0, 0.05) is 5.41 Å². The van der Waals surface area contributed by atoms with E-state index in [1.165, 1.54) is 31.5 Å². The standard InChI is InChI=1S/C14H17N.C9H10O2.C2H6/c1-15-10-8-14(9-11-15)7-6-12-4-2-3-5-13(12)14;1-8-4-2-3-5-9(8)11-7-6-10;1-2/h2-7H,8-11H2,1H3;2-6H,7H2,1H3;1-2H3. The summed E-state index contributed by atoms with van der Waals surface area (Å²) in [5, 5.41) is 0. The van der Waals surface area contributed by atoms with Crippen molar-refractivity contribution in [2.24, 2.45) is 0 Å². The fourth-order valence-corrected chi connectivity index (χ4v) is 3.73. The van der Waals surface area contributed by atoms with Crippen LogP contribution in [0.4, 0.5) is 0 Å². The first-order valence-corrected chi connectivity index (χ1v) is 10.2. The average molecular weight is 380 g/mol. The van der Waals surface area contributed by atoms with Crippen molar-refractivity contribution < 1.29 is 9.53 Å². The fraction of sp³-hybridized carbons (Fsp3) is 0.400. The molecule has 4 rings (SSSR count). The van der Waals surface area contributed by atoms with E-state index >= 15 is 0 Å². The zero-order valence-electron chi connectivity index (χ0n) is 17.7. The van der Waals surface area contributed by atoms with Crippen molar-refractivity contribution in [3.63, 3.8) is 0 Å². The molecule has 0 radical (unpaired) electrons. The van der Waals surface area contributed by atoms with Gasteiger partial charge in [0.25, 0.3) is 0 Å². The molecule has 1 saturated heterocycles. The molecule has 2 aromatic carbocycles. The van der Waals surface area contributed by atoms with Gasteiger partial charge in [-0.1, -0.05) is 68.5 Å². The second-order valence-corrected chi connectivity index (χ2v) is 7.12. The summed E-state index contributed by atoms with van der Waals surface area (Å²) in [6, 6.07) is 16.5. The lowest BCUT2D eigenvalue weighted by molar-refractivity contribution is -0.109. The number of benzene rings is 2. The zero-order valence-corrected chi connectivity index (χ0v) is 17.7. The molecule has 1 fully saturated rings. The smallest absolute Gasteiger partial charge is 0.157 e. The third-order valence-corrected chi connectivity index (χ3v) is 5.36. The van der Waals surface area contributed by atoms with E-state index in [-0.39, 0.29) is 6.61 Å². The maximum atomic E-state index is 9.96. The molecule has 0 aromatic heterocycles. The number of rotatable bonds is 3. The van der Waals surface area contributed by atoms with Crippen LogP contribution in [-0.2, 0) is 10.2 Å². The lowest BCUT2D eigenvalue weighted by Gasteiger charge is -2.37. The number of carbonyl (C=O) groups excluding carboxylic acids is 1. The number of allylic oxidation sites excluding steroid dienone is 1. The van der Waals surface area contributed by atoms with E-state index in [2.05, 4.69) is 48.4 Å². The summed E-state index contributed by atoms with van der Waals surface area (Å²) >= 11 is 0. The number of aldehydes is 1. The number of fused-ring (bicyclic) bond motifs is 2. The first-order chi connectivity index (χ1) is 13.6. The maximum absolute atomic E-state index is 9.96. The third-order valence-electron chi connectivity index (χ3n) is 5.36. The van der Waals surface area contributed by atoms with Gasteiger partial charge in [-0.05, 0) is 62.7 Å². The first kappa shape index (κ1) is 21.9. The number of ether oxygens (including phenoxy) is 1. The molecule has 0 bridgehead atoms. The zero-order chi connectivity index (χ0) is 20.4. The third kappa shape index (κ3) is 5.32. The van der Waals surface area contributed by atoms with Crippen molar-refractivity contribution in [3.8, 4) is 5.75 Å². The first-order valence-electron chi connectivity index (χ1n) is 10.2. The summed E-state index contributed by atoms with van der Waals surface area (Å²) in [6.45, 7) is 8.52. The predicted octanol–water partition coefficient (Wildman–Crippen LogP) is 5.28. The Morgan fingerprint density at radius 2 is 1.68 bits per heavy atom. The minimum atomic E-state index is 0.130. The summed E-state index contributed by atoms with van der Waals surface area (Å²) in [5.41, 5.74) is 4.40. The van der Waals surface area contributed by atoms with Crippen LogP contribution in [0.1, 0.15) is 43.4 Å². The van der Waals surface area contributed by atoms with Crippen LogP contribution in [0.25, 0.3) is 6.08 Å². The molecule has 0 N–H and O–H groups in total. The second-order valence-electron chi connectivity index (χ2n) is 7.12. The van der Waals surface area contributed by atoms with Crippen molar-refractivity contribution in [1.29, 1.82) is 0 Å². The van der Waals surface area contributed by atoms with Crippen molar-refractivity contribution in [1.82, 2.24) is 4.90 Å². The number of likely N-dealkylation sites (tertiary alicyclic amines) is 1. The number of para-hydroxylation sites is 1. The molecule has 0 saturated carbocycles. The van der Waals surface area contributed by atoms with Gasteiger partial charge in [-0.3, -0.25) is 4.79 Å². The van der Waals surface area contributed by atoms with Crippen LogP contribution in [-0.4, -0.2) is 37.9 Å². The van der Waals surface area contributed by atoms with Gasteiger partial charge in [0.2, 0.25) is 0 Å². The van der Waals surface area contributed by atoms with Crippen molar-refractivity contribution >= 4 is 12.4 Å². The van der Waals surface area contributed by atoms with Gasteiger partial charge >= 0.3 is 0 Å². The fourth-order valence-electron chi connectivity index (χ4n) is 3.73. The summed E-state index contributed by atoms with van der Waals surface area (Å²) in [4.78, 5) is 12.4. The Morgan fingerprint density at radius 3 is 2.36 bits per heavy atom. The largest absolute Gasteiger partial charge is 0.486 e. The molecule has 1 aliphatic heterocycles. The Kier molecular flexibility index (Phi) is 8.46. The number of piperidine rings is 1. The van der Waals surface area contributed by atoms with Crippen molar-refractivity contribution in [2.45, 2.75) is 39.0 Å². The molecule has 0 unspecified atom stereocenters. The highest BCUT2D eigenvalue weighted by molar-refractivity contribution is 5.65. The monoisotopic (exact) mass is 379 g/mol. The van der Waals surface area contributed by atoms with Gasteiger partial charge in [-0.2, -0.15) is 0 Å². The van der Waals surface area contributed by atoms with Crippen LogP contribution in [0, 0.1) is 6.92 Å². The van der Waals surface area contributed by atoms with E-state index in [0.29, 0.717) is 5.41 Å². The molecule has 3 nitrogen and oxygen atoms in total. The number of carbonyl (C=O) groups is 1. The molecular formula is C25H33NO2. The highest BCUT2D eigenvalue weighted by Gasteiger charge is 2.36. The van der Waals surface area contributed by atoms with E-state index in [1.807, 2.05) is 45.0 Å². The lowest BCUT2D eigenvalue weighted by atomic mass is 9.75. The van der Waals surface area contributed by atoms with Crippen LogP contribution in [0.2, 0.25) is 0 Å². The molecule has 150 valence electrons. The molecule has 2 aliphatic rings. The molecule has 1 spiro atoms. The van der Waals surface area contributed by atoms with E-state index in [1.54, 1.807) is 5.56 Å². The molecule has 1 aliphatic carbocycles. The minimum absolute atomic E-state index is 0.130. The minimum Gasteiger partial charge on any atom is -0.486 e. The number of aryl methyl sites for hydroxylation is 1. The molecule has 0 amide bonds. The Hall–Kier alpha value is -2.39. The predicted molar refractivity (Wildman–Crippen MR) is 118 cm³/mol. The summed E-state index contributed by atoms with van der Waals surface area (Å²) in [6.07, 6.45) is 8.03. The van der Waals surface area contributed by atoms with Crippen LogP contribution in [0.3, 0.4) is 0 Å². The van der Waals surface area contributed by atoms with E-state index in [0.717, 1.165) is 17.6 Å². The lowest BCUT2D eigenvalue weighted by Crippen LogP contribution is -2.38. The van der Waals surface area contributed by atoms with Gasteiger partial charge in [0.15, 0.2) is 6.29 Å². The van der Waals surface area contributed by atoms with Gasteiger partial charge in [0.1, 0.15) is 12.4 Å². The Bertz CT molecular complexity index is 774. The summed E-state index contributed by atoms with van der Waals surface area (Å²) in [7, 11) is 2.22. The van der Waals surface area contributed by atoms with Gasteiger partial charge in [0.05, 0.1) is 0 Å². The molecule has 3 heteroatoms. The van der Waals surface area contributed by atoms with Crippen molar-refractivity contribution in [3.05, 3.63) is 71.3 Å². The van der Waals surface area contributed by atoms with Crippen LogP contribution < -0.4 is 4.74 Å². The molecular weight excluding hydrogens is 346 g/mol. The van der Waals surface area contributed by atoms with Gasteiger partial charge < -0.3 is 9.64 Å². The number of nitrogens with zero attached hydrogens (tertiary/aromatic N) is 1. The highest BCUT2D eigenvalue weighted by atomic mass is 16.5. The second kappa shape index (κ2) is 10.8. The number of hydrogen-bond donors (Lipinski definition) is 0. The van der Waals surface area contributed by atoms with E-state index in [9.17, 15) is 4.79 Å². The van der Waals surface area contributed by atoms with Crippen LogP contribution >= 0.6 is 0 Å². The molecule has 0 atom stereocenters. The molecule has 1 heterocycles. The SMILES string of the molecule is CC.CN1CCC2(C=Cc3ccccc32)CC1.Cc1ccccc1OCC=O. The average Bonchev–Trinajstić information content (AvgIpc) is 3.10. The van der Waals surface area contributed by atoms with Crippen LogP contribution in [0.15, 0.2) is 54.6 Å². The number of hydrogen-bond acceptors (Lipinski definition) is 3. The molecule has 2 aromatic rings. The Morgan fingerprint density at radius 1 is 1.04 bits per heavy atom. The molecule has 28 heavy (non-hydrogen) atoms. The van der Waals surface area contributed by atoms with E-state index < -0.39 is 0 Å². The summed E-state index contributed by atoms with van der Waals surface area (Å²) < 4.78 is 5.12.